The van der Waals surface area contributed by atoms with E-state index in [9.17, 15) is 9.59 Å². The van der Waals surface area contributed by atoms with Gasteiger partial charge in [0, 0.05) is 12.1 Å². The maximum atomic E-state index is 11.8. The Morgan fingerprint density at radius 2 is 2.00 bits per heavy atom. The number of aliphatic carboxylic acids is 1. The quantitative estimate of drug-likeness (QED) is 0.899. The first-order valence-corrected chi connectivity index (χ1v) is 5.80. The minimum Gasteiger partial charge on any atom is -0.480 e. The summed E-state index contributed by atoms with van der Waals surface area (Å²) in [6.45, 7) is 1.41. The van der Waals surface area contributed by atoms with Crippen LogP contribution in [0.2, 0.25) is 10.0 Å². The van der Waals surface area contributed by atoms with Crippen LogP contribution in [0.4, 0.5) is 10.5 Å². The summed E-state index contributed by atoms with van der Waals surface area (Å²) in [5.74, 6) is -1.09. The third-order valence-corrected chi connectivity index (χ3v) is 2.98. The molecule has 0 saturated heterocycles. The van der Waals surface area contributed by atoms with E-state index in [0.717, 1.165) is 4.90 Å². The molecule has 5 nitrogen and oxygen atoms in total. The summed E-state index contributed by atoms with van der Waals surface area (Å²) in [6.07, 6.45) is 0. The summed E-state index contributed by atoms with van der Waals surface area (Å²) >= 11 is 11.6. The normalized spacial score (nSPS) is 11.8. The molecule has 0 radical (unpaired) electrons. The van der Waals surface area contributed by atoms with Crippen LogP contribution in [-0.2, 0) is 4.79 Å². The molecule has 1 unspecified atom stereocenters. The molecule has 0 spiro atoms. The lowest BCUT2D eigenvalue weighted by atomic mass is 10.3. The minimum absolute atomic E-state index is 0.284. The van der Waals surface area contributed by atoms with Crippen LogP contribution in [0, 0.1) is 0 Å². The first-order chi connectivity index (χ1) is 8.32. The molecule has 1 aromatic rings. The van der Waals surface area contributed by atoms with Gasteiger partial charge in [0.05, 0.1) is 10.7 Å². The van der Waals surface area contributed by atoms with Crippen LogP contribution in [0.1, 0.15) is 6.92 Å². The molecule has 0 heterocycles. The second-order valence-electron chi connectivity index (χ2n) is 3.68. The van der Waals surface area contributed by atoms with E-state index in [1.165, 1.54) is 20.0 Å². The number of carbonyl (C=O) groups excluding carboxylic acids is 1. The number of carbonyl (C=O) groups is 2. The Hall–Kier alpha value is -1.46. The van der Waals surface area contributed by atoms with E-state index >= 15 is 0 Å². The third kappa shape index (κ3) is 3.51. The lowest BCUT2D eigenvalue weighted by Gasteiger charge is -2.22. The van der Waals surface area contributed by atoms with Gasteiger partial charge in [0.15, 0.2) is 0 Å². The number of amides is 2. The zero-order valence-corrected chi connectivity index (χ0v) is 11.3. The summed E-state index contributed by atoms with van der Waals surface area (Å²) in [5.41, 5.74) is 0.371. The summed E-state index contributed by atoms with van der Waals surface area (Å²) < 4.78 is 0. The monoisotopic (exact) mass is 290 g/mol. The molecular formula is C11H12Cl2N2O3. The highest BCUT2D eigenvalue weighted by Gasteiger charge is 2.22. The van der Waals surface area contributed by atoms with E-state index in [0.29, 0.717) is 10.7 Å². The molecule has 0 bridgehead atoms. The molecule has 7 heteroatoms. The van der Waals surface area contributed by atoms with Gasteiger partial charge in [-0.3, -0.25) is 0 Å². The van der Waals surface area contributed by atoms with Crippen LogP contribution >= 0.6 is 23.2 Å². The Kier molecular flexibility index (Phi) is 4.81. The van der Waals surface area contributed by atoms with E-state index in [-0.39, 0.29) is 5.02 Å². The van der Waals surface area contributed by atoms with Crippen molar-refractivity contribution in [3.05, 3.63) is 28.2 Å². The lowest BCUT2D eigenvalue weighted by molar-refractivity contribution is -0.141. The average Bonchev–Trinajstić information content (AvgIpc) is 2.30. The number of urea groups is 1. The second kappa shape index (κ2) is 5.93. The van der Waals surface area contributed by atoms with Gasteiger partial charge in [0.2, 0.25) is 0 Å². The highest BCUT2D eigenvalue weighted by Crippen LogP contribution is 2.25. The van der Waals surface area contributed by atoms with Gasteiger partial charge in [-0.15, -0.1) is 0 Å². The van der Waals surface area contributed by atoms with Crippen molar-refractivity contribution in [3.63, 3.8) is 0 Å². The van der Waals surface area contributed by atoms with E-state index in [4.69, 9.17) is 28.3 Å². The second-order valence-corrected chi connectivity index (χ2v) is 4.52. The van der Waals surface area contributed by atoms with E-state index in [1.807, 2.05) is 0 Å². The van der Waals surface area contributed by atoms with Gasteiger partial charge in [0.1, 0.15) is 6.04 Å². The number of hydrogen-bond acceptors (Lipinski definition) is 2. The molecule has 0 aliphatic rings. The highest BCUT2D eigenvalue weighted by molar-refractivity contribution is 6.36. The van der Waals surface area contributed by atoms with Crippen molar-refractivity contribution in [1.29, 1.82) is 0 Å². The van der Waals surface area contributed by atoms with Gasteiger partial charge >= 0.3 is 12.0 Å². The van der Waals surface area contributed by atoms with Gasteiger partial charge in [-0.05, 0) is 25.1 Å². The summed E-state index contributed by atoms with van der Waals surface area (Å²) in [7, 11) is 1.39. The maximum Gasteiger partial charge on any atom is 0.326 e. The standard InChI is InChI=1S/C11H12Cl2N2O3/c1-6(10(16)17)15(2)11(18)14-9-4-3-7(12)5-8(9)13/h3-6H,1-2H3,(H,14,18)(H,16,17). The summed E-state index contributed by atoms with van der Waals surface area (Å²) in [5, 5.41) is 12.0. The summed E-state index contributed by atoms with van der Waals surface area (Å²) in [6, 6.07) is 3.11. The predicted octanol–water partition coefficient (Wildman–Crippen LogP) is 2.93. The molecule has 98 valence electrons. The van der Waals surface area contributed by atoms with Crippen LogP contribution in [0.3, 0.4) is 0 Å². The Morgan fingerprint density at radius 3 is 2.50 bits per heavy atom. The molecule has 0 saturated carbocycles. The van der Waals surface area contributed by atoms with Gasteiger partial charge in [-0.2, -0.15) is 0 Å². The van der Waals surface area contributed by atoms with Crippen LogP contribution in [-0.4, -0.2) is 35.1 Å². The molecule has 0 aliphatic carbocycles. The van der Waals surface area contributed by atoms with E-state index in [2.05, 4.69) is 5.32 Å². The minimum atomic E-state index is -1.09. The lowest BCUT2D eigenvalue weighted by Crippen LogP contribution is -2.42. The zero-order chi connectivity index (χ0) is 13.9. The topological polar surface area (TPSA) is 69.6 Å². The molecule has 1 atom stereocenters. The fourth-order valence-corrected chi connectivity index (χ4v) is 1.59. The van der Waals surface area contributed by atoms with Crippen LogP contribution in [0.15, 0.2) is 18.2 Å². The van der Waals surface area contributed by atoms with Gasteiger partial charge in [-0.1, -0.05) is 23.2 Å². The number of benzene rings is 1. The number of rotatable bonds is 3. The number of nitrogens with zero attached hydrogens (tertiary/aromatic N) is 1. The van der Waals surface area contributed by atoms with Gasteiger partial charge in [-0.25, -0.2) is 9.59 Å². The predicted molar refractivity (Wildman–Crippen MR) is 70.3 cm³/mol. The Balaban J connectivity index is 2.78. The average molecular weight is 291 g/mol. The highest BCUT2D eigenvalue weighted by atomic mass is 35.5. The van der Waals surface area contributed by atoms with Crippen LogP contribution in [0.5, 0.6) is 0 Å². The van der Waals surface area contributed by atoms with Crippen molar-refractivity contribution in [3.8, 4) is 0 Å². The number of carboxylic acid groups (broad SMARTS) is 1. The molecule has 1 rings (SSSR count). The fourth-order valence-electron chi connectivity index (χ4n) is 1.14. The largest absolute Gasteiger partial charge is 0.480 e. The molecule has 0 aliphatic heterocycles. The molecular weight excluding hydrogens is 279 g/mol. The van der Waals surface area contributed by atoms with Crippen molar-refractivity contribution in [2.24, 2.45) is 0 Å². The fraction of sp³-hybridized carbons (Fsp3) is 0.273. The first-order valence-electron chi connectivity index (χ1n) is 5.04. The van der Waals surface area contributed by atoms with Crippen molar-refractivity contribution in [2.45, 2.75) is 13.0 Å². The third-order valence-electron chi connectivity index (χ3n) is 2.43. The van der Waals surface area contributed by atoms with Crippen LogP contribution < -0.4 is 5.32 Å². The molecule has 18 heavy (non-hydrogen) atoms. The molecule has 0 fully saturated rings. The number of halogens is 2. The van der Waals surface area contributed by atoms with Crippen molar-refractivity contribution in [1.82, 2.24) is 4.90 Å². The number of carboxylic acids is 1. The molecule has 0 aromatic heterocycles. The first kappa shape index (κ1) is 14.6. The van der Waals surface area contributed by atoms with Gasteiger partial charge in [0.25, 0.3) is 0 Å². The van der Waals surface area contributed by atoms with Crippen LogP contribution in [0.25, 0.3) is 0 Å². The van der Waals surface area contributed by atoms with Gasteiger partial charge < -0.3 is 15.3 Å². The number of anilines is 1. The van der Waals surface area contributed by atoms with E-state index in [1.54, 1.807) is 12.1 Å². The maximum absolute atomic E-state index is 11.8. The number of hydrogen-bond donors (Lipinski definition) is 2. The van der Waals surface area contributed by atoms with Crippen molar-refractivity contribution >= 4 is 40.9 Å². The molecule has 2 amide bonds. The molecule has 1 aromatic carbocycles. The SMILES string of the molecule is CC(C(=O)O)N(C)C(=O)Nc1ccc(Cl)cc1Cl. The summed E-state index contributed by atoms with van der Waals surface area (Å²) in [4.78, 5) is 23.6. The van der Waals surface area contributed by atoms with Crippen molar-refractivity contribution < 1.29 is 14.7 Å². The zero-order valence-electron chi connectivity index (χ0n) is 9.78. The van der Waals surface area contributed by atoms with Crippen molar-refractivity contribution in [2.75, 3.05) is 12.4 Å². The Morgan fingerprint density at radius 1 is 1.39 bits per heavy atom. The Bertz CT molecular complexity index is 479. The van der Waals surface area contributed by atoms with E-state index < -0.39 is 18.0 Å². The smallest absolute Gasteiger partial charge is 0.326 e. The molecule has 2 N–H and O–H groups in total. The number of likely N-dealkylation sites (N-methyl/N-ethyl adjacent to an activating group) is 1. The Labute approximate surface area is 114 Å². The number of nitrogens with one attached hydrogen (secondary N) is 1.